The lowest BCUT2D eigenvalue weighted by Gasteiger charge is -1.93. The highest BCUT2D eigenvalue weighted by atomic mass is 16.6. The molecule has 0 bridgehead atoms. The van der Waals surface area contributed by atoms with Crippen molar-refractivity contribution >= 4 is 6.21 Å². The Morgan fingerprint density at radius 2 is 2.15 bits per heavy atom. The van der Waals surface area contributed by atoms with Gasteiger partial charge in [-0.15, -0.1) is 6.58 Å². The first-order valence-corrected chi connectivity index (χ1v) is 4.17. The highest BCUT2D eigenvalue weighted by Crippen LogP contribution is 1.94. The van der Waals surface area contributed by atoms with Gasteiger partial charge in [0.05, 0.1) is 0 Å². The molecule has 0 aromatic heterocycles. The Labute approximate surface area is 78.5 Å². The summed E-state index contributed by atoms with van der Waals surface area (Å²) in [5, 5.41) is 3.68. The van der Waals surface area contributed by atoms with Gasteiger partial charge >= 0.3 is 0 Å². The predicted molar refractivity (Wildman–Crippen MR) is 53.7 cm³/mol. The number of rotatable bonds is 5. The standard InChI is InChI=1S/C11H12NO/c1-2-3-9-13-12-10-11-7-5-4-6-8-11/h2,4-8H,1,3,9H2. The van der Waals surface area contributed by atoms with E-state index >= 15 is 0 Å². The Balaban J connectivity index is 2.28. The van der Waals surface area contributed by atoms with Gasteiger partial charge in [-0.2, -0.15) is 0 Å². The van der Waals surface area contributed by atoms with E-state index in [1.807, 2.05) is 30.3 Å². The molecule has 0 atom stereocenters. The molecular formula is C11H12NO. The molecule has 67 valence electrons. The Kier molecular flexibility index (Phi) is 4.39. The van der Waals surface area contributed by atoms with Gasteiger partial charge in [0.25, 0.3) is 0 Å². The van der Waals surface area contributed by atoms with Crippen LogP contribution in [0.1, 0.15) is 12.0 Å². The van der Waals surface area contributed by atoms with Gasteiger partial charge < -0.3 is 4.84 Å². The minimum atomic E-state index is 0.559. The molecule has 0 aliphatic rings. The van der Waals surface area contributed by atoms with Crippen LogP contribution in [0.4, 0.5) is 0 Å². The van der Waals surface area contributed by atoms with Crippen LogP contribution in [0.3, 0.4) is 0 Å². The van der Waals surface area contributed by atoms with Crippen molar-refractivity contribution in [3.05, 3.63) is 48.6 Å². The van der Waals surface area contributed by atoms with Gasteiger partial charge in [-0.25, -0.2) is 0 Å². The van der Waals surface area contributed by atoms with E-state index in [2.05, 4.69) is 17.9 Å². The van der Waals surface area contributed by atoms with Crippen molar-refractivity contribution in [3.8, 4) is 0 Å². The maximum absolute atomic E-state index is 4.92. The second-order valence-corrected chi connectivity index (χ2v) is 2.48. The summed E-state index contributed by atoms with van der Waals surface area (Å²) in [6.45, 7) is 4.13. The third kappa shape index (κ3) is 4.11. The maximum Gasteiger partial charge on any atom is 0.139 e. The fourth-order valence-electron chi connectivity index (χ4n) is 0.779. The molecule has 1 aromatic carbocycles. The van der Waals surface area contributed by atoms with E-state index in [1.165, 1.54) is 0 Å². The van der Waals surface area contributed by atoms with Crippen molar-refractivity contribution < 1.29 is 4.84 Å². The number of nitrogens with zero attached hydrogens (tertiary/aromatic N) is 1. The highest BCUT2D eigenvalue weighted by molar-refractivity contribution is 5.78. The molecule has 0 fully saturated rings. The lowest BCUT2D eigenvalue weighted by molar-refractivity contribution is 0.151. The predicted octanol–water partition coefficient (Wildman–Crippen LogP) is 2.49. The van der Waals surface area contributed by atoms with Crippen LogP contribution in [0, 0.1) is 0 Å². The molecule has 0 spiro atoms. The van der Waals surface area contributed by atoms with E-state index < -0.39 is 0 Å². The fraction of sp³-hybridized carbons (Fsp3) is 0.182. The molecule has 0 aliphatic carbocycles. The van der Waals surface area contributed by atoms with E-state index in [4.69, 9.17) is 4.84 Å². The molecular weight excluding hydrogens is 162 g/mol. The van der Waals surface area contributed by atoms with E-state index in [0.717, 1.165) is 12.0 Å². The number of hydrogen-bond acceptors (Lipinski definition) is 2. The molecule has 1 aromatic rings. The van der Waals surface area contributed by atoms with Gasteiger partial charge in [-0.05, 0) is 0 Å². The molecule has 0 saturated carbocycles. The first kappa shape index (κ1) is 9.52. The van der Waals surface area contributed by atoms with Crippen LogP contribution >= 0.6 is 0 Å². The highest BCUT2D eigenvalue weighted by Gasteiger charge is 1.84. The maximum atomic E-state index is 4.92. The van der Waals surface area contributed by atoms with Crippen LogP contribution in [-0.4, -0.2) is 12.8 Å². The minimum Gasteiger partial charge on any atom is -0.395 e. The zero-order valence-corrected chi connectivity index (χ0v) is 7.44. The topological polar surface area (TPSA) is 21.6 Å². The quantitative estimate of drug-likeness (QED) is 0.291. The summed E-state index contributed by atoms with van der Waals surface area (Å²) in [6.07, 6.45) is 5.37. The third-order valence-electron chi connectivity index (χ3n) is 1.43. The summed E-state index contributed by atoms with van der Waals surface area (Å²) in [5.74, 6) is 0. The molecule has 2 nitrogen and oxygen atoms in total. The summed E-state index contributed by atoms with van der Waals surface area (Å²) >= 11 is 0. The minimum absolute atomic E-state index is 0.559. The molecule has 0 unspecified atom stereocenters. The van der Waals surface area contributed by atoms with Gasteiger partial charge in [0.15, 0.2) is 0 Å². The van der Waals surface area contributed by atoms with Crippen molar-refractivity contribution in [2.45, 2.75) is 6.42 Å². The molecule has 2 heteroatoms. The number of hydrogen-bond donors (Lipinski definition) is 0. The average molecular weight is 174 g/mol. The zero-order valence-electron chi connectivity index (χ0n) is 7.44. The molecule has 0 aliphatic heterocycles. The summed E-state index contributed by atoms with van der Waals surface area (Å²) < 4.78 is 0. The summed E-state index contributed by atoms with van der Waals surface area (Å²) in [5.41, 5.74) is 0.918. The molecule has 13 heavy (non-hydrogen) atoms. The van der Waals surface area contributed by atoms with Crippen molar-refractivity contribution in [2.75, 3.05) is 6.61 Å². The monoisotopic (exact) mass is 174 g/mol. The molecule has 1 rings (SSSR count). The van der Waals surface area contributed by atoms with Gasteiger partial charge in [0.2, 0.25) is 0 Å². The van der Waals surface area contributed by atoms with E-state index in [-0.39, 0.29) is 0 Å². The van der Waals surface area contributed by atoms with Gasteiger partial charge in [0.1, 0.15) is 12.8 Å². The van der Waals surface area contributed by atoms with Crippen LogP contribution < -0.4 is 0 Å². The SMILES string of the molecule is C=CCCON=[C]c1ccccc1. The lowest BCUT2D eigenvalue weighted by atomic mass is 10.2. The van der Waals surface area contributed by atoms with Crippen molar-refractivity contribution in [3.63, 3.8) is 0 Å². The third-order valence-corrected chi connectivity index (χ3v) is 1.43. The second kappa shape index (κ2) is 6.00. The average Bonchev–Trinajstić information content (AvgIpc) is 2.19. The first-order chi connectivity index (χ1) is 6.43. The van der Waals surface area contributed by atoms with Crippen LogP contribution in [0.25, 0.3) is 0 Å². The summed E-state index contributed by atoms with van der Waals surface area (Å²) in [4.78, 5) is 4.92. The molecule has 1 radical (unpaired) electrons. The molecule has 0 amide bonds. The van der Waals surface area contributed by atoms with Gasteiger partial charge in [-0.3, -0.25) is 0 Å². The van der Waals surface area contributed by atoms with Crippen LogP contribution in [0.15, 0.2) is 48.1 Å². The van der Waals surface area contributed by atoms with E-state index in [9.17, 15) is 0 Å². The largest absolute Gasteiger partial charge is 0.395 e. The van der Waals surface area contributed by atoms with Crippen LogP contribution in [-0.2, 0) is 4.84 Å². The van der Waals surface area contributed by atoms with E-state index in [0.29, 0.717) is 6.61 Å². The molecule has 0 heterocycles. The Morgan fingerprint density at radius 1 is 1.38 bits per heavy atom. The summed E-state index contributed by atoms with van der Waals surface area (Å²) in [6, 6.07) is 9.65. The number of benzene rings is 1. The van der Waals surface area contributed by atoms with Crippen molar-refractivity contribution in [1.82, 2.24) is 0 Å². The Morgan fingerprint density at radius 3 is 2.85 bits per heavy atom. The van der Waals surface area contributed by atoms with Crippen molar-refractivity contribution in [1.29, 1.82) is 0 Å². The fourth-order valence-corrected chi connectivity index (χ4v) is 0.779. The Bertz CT molecular complexity index is 267. The Hall–Kier alpha value is -1.57. The van der Waals surface area contributed by atoms with E-state index in [1.54, 1.807) is 6.08 Å². The summed E-state index contributed by atoms with van der Waals surface area (Å²) in [7, 11) is 0. The molecule has 0 saturated heterocycles. The normalized spacial score (nSPS) is 10.2. The smallest absolute Gasteiger partial charge is 0.139 e. The van der Waals surface area contributed by atoms with Crippen LogP contribution in [0.2, 0.25) is 0 Å². The van der Waals surface area contributed by atoms with Gasteiger partial charge in [0, 0.05) is 12.0 Å². The van der Waals surface area contributed by atoms with Crippen molar-refractivity contribution in [2.24, 2.45) is 5.16 Å². The first-order valence-electron chi connectivity index (χ1n) is 4.17. The second-order valence-electron chi connectivity index (χ2n) is 2.48. The van der Waals surface area contributed by atoms with Gasteiger partial charge in [-0.1, -0.05) is 41.6 Å². The zero-order chi connectivity index (χ0) is 9.36. The molecule has 0 N–H and O–H groups in total. The lowest BCUT2D eigenvalue weighted by Crippen LogP contribution is -1.86. The van der Waals surface area contributed by atoms with Crippen LogP contribution in [0.5, 0.6) is 0 Å².